The molecule has 3 rings (SSSR count). The molecule has 0 amide bonds. The Morgan fingerprint density at radius 1 is 1.11 bits per heavy atom. The monoisotopic (exact) mass is 260 g/mol. The zero-order chi connectivity index (χ0) is 13.2. The van der Waals surface area contributed by atoms with Crippen molar-refractivity contribution < 1.29 is 14.8 Å². The molecule has 1 aromatic rings. The molecule has 0 aromatic heterocycles. The summed E-state index contributed by atoms with van der Waals surface area (Å²) in [5, 5.41) is 21.7. The number of benzene rings is 1. The fraction of sp³-hybridized carbons (Fsp3) is 0.533. The van der Waals surface area contributed by atoms with E-state index in [0.717, 1.165) is 32.5 Å². The molecule has 2 aliphatic rings. The predicted molar refractivity (Wildman–Crippen MR) is 73.0 cm³/mol. The van der Waals surface area contributed by atoms with Gasteiger partial charge in [0, 0.05) is 18.9 Å². The number of nitrogens with zero attached hydrogens (tertiary/aromatic N) is 2. The third-order valence-corrected chi connectivity index (χ3v) is 4.05. The van der Waals surface area contributed by atoms with Gasteiger partial charge in [0.2, 0.25) is 0 Å². The number of phenols is 1. The summed E-state index contributed by atoms with van der Waals surface area (Å²) in [7, 11) is 0. The van der Waals surface area contributed by atoms with Crippen LogP contribution in [0.15, 0.2) is 18.2 Å². The zero-order valence-corrected chi connectivity index (χ0v) is 11.1. The summed E-state index contributed by atoms with van der Waals surface area (Å²) in [5.74, 6) is 1.43. The van der Waals surface area contributed by atoms with Gasteiger partial charge in [-0.2, -0.15) is 0 Å². The largest absolute Gasteiger partial charge is 0.870 e. The first-order chi connectivity index (χ1) is 9.25. The Bertz CT molecular complexity index is 511. The molecule has 0 atom stereocenters. The minimum absolute atomic E-state index is 0.00334. The fourth-order valence-corrected chi connectivity index (χ4v) is 3.12. The zero-order valence-electron chi connectivity index (χ0n) is 11.1. The number of anilines is 1. The highest BCUT2D eigenvalue weighted by Crippen LogP contribution is 2.31. The van der Waals surface area contributed by atoms with Crippen molar-refractivity contribution in [3.63, 3.8) is 0 Å². The van der Waals surface area contributed by atoms with Crippen LogP contribution in [-0.2, 0) is 0 Å². The number of phenolic OH excluding ortho intramolecular Hbond substituents is 1. The van der Waals surface area contributed by atoms with E-state index >= 15 is 0 Å². The van der Waals surface area contributed by atoms with Crippen LogP contribution >= 0.6 is 0 Å². The van der Waals surface area contributed by atoms with Gasteiger partial charge in [0.25, 0.3) is 5.84 Å². The van der Waals surface area contributed by atoms with E-state index in [0.29, 0.717) is 5.69 Å². The van der Waals surface area contributed by atoms with Crippen LogP contribution in [0.3, 0.4) is 0 Å². The Morgan fingerprint density at radius 3 is 2.84 bits per heavy atom. The maximum absolute atomic E-state index is 12.0. The maximum atomic E-state index is 12.0. The van der Waals surface area contributed by atoms with Crippen LogP contribution in [0.2, 0.25) is 0 Å². The van der Waals surface area contributed by atoms with E-state index < -0.39 is 0 Å². The minimum atomic E-state index is -0.00334. The van der Waals surface area contributed by atoms with E-state index in [-0.39, 0.29) is 11.5 Å². The molecule has 19 heavy (non-hydrogen) atoms. The number of rotatable bonds is 1. The van der Waals surface area contributed by atoms with Crippen molar-refractivity contribution in [2.45, 2.75) is 32.1 Å². The summed E-state index contributed by atoms with van der Waals surface area (Å²) < 4.78 is 2.42. The van der Waals surface area contributed by atoms with E-state index in [9.17, 15) is 10.2 Å². The maximum Gasteiger partial charge on any atom is 0.251 e. The van der Waals surface area contributed by atoms with Gasteiger partial charge in [-0.15, -0.1) is 0 Å². The molecule has 0 saturated heterocycles. The summed E-state index contributed by atoms with van der Waals surface area (Å²) in [6, 6.07) is 4.52. The summed E-state index contributed by atoms with van der Waals surface area (Å²) in [5.41, 5.74) is 0.626. The van der Waals surface area contributed by atoms with Gasteiger partial charge < -0.3 is 10.2 Å². The van der Waals surface area contributed by atoms with Crippen LogP contribution in [0.4, 0.5) is 5.69 Å². The predicted octanol–water partition coefficient (Wildman–Crippen LogP) is 1.66. The number of hydrogen-bond acceptors (Lipinski definition) is 3. The third-order valence-electron chi connectivity index (χ3n) is 4.05. The third kappa shape index (κ3) is 2.39. The molecule has 0 aliphatic carbocycles. The van der Waals surface area contributed by atoms with Crippen LogP contribution in [0.1, 0.15) is 32.1 Å². The molecule has 0 unspecified atom stereocenters. The van der Waals surface area contributed by atoms with Gasteiger partial charge in [-0.05, 0) is 25.3 Å². The molecule has 0 radical (unpaired) electrons. The lowest BCUT2D eigenvalue weighted by atomic mass is 10.1. The lowest BCUT2D eigenvalue weighted by Gasteiger charge is -2.28. The first-order valence-electron chi connectivity index (χ1n) is 7.14. The number of aromatic hydroxyl groups is 1. The van der Waals surface area contributed by atoms with Crippen LogP contribution in [0, 0.1) is 0 Å². The van der Waals surface area contributed by atoms with E-state index in [1.54, 1.807) is 6.07 Å². The first-order valence-corrected chi connectivity index (χ1v) is 7.14. The molecule has 4 nitrogen and oxygen atoms in total. The van der Waals surface area contributed by atoms with Crippen LogP contribution in [0.25, 0.3) is 0 Å². The van der Waals surface area contributed by atoms with Crippen molar-refractivity contribution in [2.24, 2.45) is 0 Å². The fourth-order valence-electron chi connectivity index (χ4n) is 3.12. The van der Waals surface area contributed by atoms with E-state index in [4.69, 9.17) is 0 Å². The average molecular weight is 260 g/mol. The highest BCUT2D eigenvalue weighted by molar-refractivity contribution is 5.96. The van der Waals surface area contributed by atoms with Crippen molar-refractivity contribution in [3.8, 4) is 11.5 Å². The molecule has 0 bridgehead atoms. The SMILES string of the molecule is [O-]c1ccc(O)cc1N1CCC[N+]2=C1CCCCC2. The molecule has 2 aliphatic heterocycles. The molecule has 4 heteroatoms. The van der Waals surface area contributed by atoms with Gasteiger partial charge in [-0.3, -0.25) is 4.58 Å². The van der Waals surface area contributed by atoms with E-state index in [1.807, 2.05) is 0 Å². The Kier molecular flexibility index (Phi) is 3.32. The van der Waals surface area contributed by atoms with Crippen LogP contribution < -0.4 is 10.0 Å². The van der Waals surface area contributed by atoms with Crippen molar-refractivity contribution >= 4 is 11.5 Å². The lowest BCUT2D eigenvalue weighted by Crippen LogP contribution is -2.44. The molecule has 0 fully saturated rings. The van der Waals surface area contributed by atoms with E-state index in [2.05, 4.69) is 9.48 Å². The highest BCUT2D eigenvalue weighted by Gasteiger charge is 2.30. The average Bonchev–Trinajstić information content (AvgIpc) is 2.66. The second-order valence-electron chi connectivity index (χ2n) is 5.37. The van der Waals surface area contributed by atoms with Crippen molar-refractivity contribution in [3.05, 3.63) is 18.2 Å². The Balaban J connectivity index is 2.00. The highest BCUT2D eigenvalue weighted by atomic mass is 16.3. The van der Waals surface area contributed by atoms with Gasteiger partial charge in [0.15, 0.2) is 0 Å². The standard InChI is InChI=1S/C15H20N2O2/c18-12-6-7-14(19)13(11-12)17-10-4-9-16-8-3-1-2-5-15(16)17/h6-7,11H,1-5,8-10H2,(H-,18,19). The number of amidine groups is 1. The first kappa shape index (κ1) is 12.3. The van der Waals surface area contributed by atoms with Gasteiger partial charge in [-0.1, -0.05) is 11.8 Å². The molecule has 102 valence electrons. The van der Waals surface area contributed by atoms with Crippen molar-refractivity contribution in [1.29, 1.82) is 0 Å². The van der Waals surface area contributed by atoms with Gasteiger partial charge in [-0.25, -0.2) is 4.90 Å². The Labute approximate surface area is 113 Å². The molecule has 0 spiro atoms. The van der Waals surface area contributed by atoms with Gasteiger partial charge in [0.05, 0.1) is 19.6 Å². The van der Waals surface area contributed by atoms with Crippen molar-refractivity contribution in [1.82, 2.24) is 0 Å². The Morgan fingerprint density at radius 2 is 1.95 bits per heavy atom. The molecule has 1 N–H and O–H groups in total. The summed E-state index contributed by atoms with van der Waals surface area (Å²) in [4.78, 5) is 2.12. The molecule has 2 heterocycles. The van der Waals surface area contributed by atoms with E-state index in [1.165, 1.54) is 37.2 Å². The Hall–Kier alpha value is -1.71. The van der Waals surface area contributed by atoms with Gasteiger partial charge >= 0.3 is 0 Å². The quantitative estimate of drug-likeness (QED) is 0.781. The van der Waals surface area contributed by atoms with Crippen molar-refractivity contribution in [2.75, 3.05) is 24.5 Å². The normalized spacial score (nSPS) is 20.1. The topological polar surface area (TPSA) is 49.5 Å². The summed E-state index contributed by atoms with van der Waals surface area (Å²) in [6.45, 7) is 3.07. The second kappa shape index (κ2) is 5.11. The second-order valence-corrected chi connectivity index (χ2v) is 5.37. The van der Waals surface area contributed by atoms with Gasteiger partial charge in [0.1, 0.15) is 11.4 Å². The lowest BCUT2D eigenvalue weighted by molar-refractivity contribution is -0.532. The molecule has 0 saturated carbocycles. The molecular formula is C15H20N2O2. The molecule has 1 aromatic carbocycles. The minimum Gasteiger partial charge on any atom is -0.870 e. The smallest absolute Gasteiger partial charge is 0.251 e. The van der Waals surface area contributed by atoms with Crippen LogP contribution in [-0.4, -0.2) is 35.2 Å². The number of hydrogen-bond donors (Lipinski definition) is 1. The molecular weight excluding hydrogens is 240 g/mol. The van der Waals surface area contributed by atoms with Crippen LogP contribution in [0.5, 0.6) is 11.5 Å². The summed E-state index contributed by atoms with van der Waals surface area (Å²) in [6.07, 6.45) is 5.79. The summed E-state index contributed by atoms with van der Waals surface area (Å²) >= 11 is 0.